The van der Waals surface area contributed by atoms with Crippen LogP contribution in [0.15, 0.2) is 11.8 Å². The summed E-state index contributed by atoms with van der Waals surface area (Å²) in [6.45, 7) is 7.96. The molecule has 0 bridgehead atoms. The summed E-state index contributed by atoms with van der Waals surface area (Å²) in [6.07, 6.45) is 5.14. The molecular formula is C11H20O2. The fraction of sp³-hybridized carbons (Fsp3) is 0.818. The quantitative estimate of drug-likeness (QED) is 0.483. The Hall–Kier alpha value is -0.500. The number of hydrogen-bond donors (Lipinski definition) is 0. The van der Waals surface area contributed by atoms with Crippen molar-refractivity contribution in [2.45, 2.75) is 45.6 Å². The SMILES string of the molecule is CCC1(CCOC=C(C)C)CCO1. The summed E-state index contributed by atoms with van der Waals surface area (Å²) in [4.78, 5) is 0. The van der Waals surface area contributed by atoms with Gasteiger partial charge in [-0.25, -0.2) is 0 Å². The minimum absolute atomic E-state index is 0.148. The van der Waals surface area contributed by atoms with Crippen molar-refractivity contribution in [2.75, 3.05) is 13.2 Å². The number of allylic oxidation sites excluding steroid dienone is 1. The summed E-state index contributed by atoms with van der Waals surface area (Å²) in [7, 11) is 0. The van der Waals surface area contributed by atoms with E-state index in [0.717, 1.165) is 26.1 Å². The predicted octanol–water partition coefficient (Wildman–Crippen LogP) is 2.89. The van der Waals surface area contributed by atoms with Gasteiger partial charge in [0.15, 0.2) is 0 Å². The Labute approximate surface area is 80.9 Å². The van der Waals surface area contributed by atoms with Crippen molar-refractivity contribution in [1.29, 1.82) is 0 Å². The lowest BCUT2D eigenvalue weighted by Crippen LogP contribution is -2.43. The largest absolute Gasteiger partial charge is 0.501 e. The molecule has 1 heterocycles. The summed E-state index contributed by atoms with van der Waals surface area (Å²) in [5.74, 6) is 0. The van der Waals surface area contributed by atoms with E-state index in [4.69, 9.17) is 9.47 Å². The van der Waals surface area contributed by atoms with Crippen LogP contribution in [0.25, 0.3) is 0 Å². The Kier molecular flexibility index (Phi) is 3.79. The van der Waals surface area contributed by atoms with Crippen LogP contribution in [0.4, 0.5) is 0 Å². The van der Waals surface area contributed by atoms with Crippen LogP contribution >= 0.6 is 0 Å². The van der Waals surface area contributed by atoms with Crippen LogP contribution in [0.5, 0.6) is 0 Å². The van der Waals surface area contributed by atoms with Gasteiger partial charge in [-0.2, -0.15) is 0 Å². The fourth-order valence-electron chi connectivity index (χ4n) is 1.51. The average Bonchev–Trinajstić information content (AvgIpc) is 2.01. The molecule has 0 saturated carbocycles. The molecule has 1 unspecified atom stereocenters. The molecule has 76 valence electrons. The number of hydrogen-bond acceptors (Lipinski definition) is 2. The van der Waals surface area contributed by atoms with E-state index in [1.807, 2.05) is 20.1 Å². The zero-order valence-electron chi connectivity index (χ0n) is 8.93. The molecule has 1 atom stereocenters. The van der Waals surface area contributed by atoms with Crippen molar-refractivity contribution in [3.8, 4) is 0 Å². The highest BCUT2D eigenvalue weighted by Gasteiger charge is 2.35. The van der Waals surface area contributed by atoms with E-state index in [2.05, 4.69) is 6.92 Å². The molecule has 1 saturated heterocycles. The lowest BCUT2D eigenvalue weighted by molar-refractivity contribution is -0.158. The fourth-order valence-corrected chi connectivity index (χ4v) is 1.51. The number of ether oxygens (including phenoxy) is 2. The second kappa shape index (κ2) is 4.66. The Morgan fingerprint density at radius 2 is 2.23 bits per heavy atom. The highest BCUT2D eigenvalue weighted by atomic mass is 16.5. The van der Waals surface area contributed by atoms with Gasteiger partial charge in [0.05, 0.1) is 25.1 Å². The maximum absolute atomic E-state index is 5.57. The first-order chi connectivity index (χ1) is 6.18. The van der Waals surface area contributed by atoms with Crippen LogP contribution in [0, 0.1) is 0 Å². The van der Waals surface area contributed by atoms with Gasteiger partial charge in [0.2, 0.25) is 0 Å². The molecule has 1 aliphatic heterocycles. The van der Waals surface area contributed by atoms with Gasteiger partial charge in [-0.15, -0.1) is 0 Å². The molecule has 0 radical (unpaired) electrons. The minimum Gasteiger partial charge on any atom is -0.501 e. The summed E-state index contributed by atoms with van der Waals surface area (Å²) in [5, 5.41) is 0. The molecule has 2 nitrogen and oxygen atoms in total. The zero-order chi connectivity index (χ0) is 9.73. The molecular weight excluding hydrogens is 164 g/mol. The Balaban J connectivity index is 2.14. The molecule has 0 aromatic carbocycles. The summed E-state index contributed by atoms with van der Waals surface area (Å²) in [6, 6.07) is 0. The first-order valence-corrected chi connectivity index (χ1v) is 5.07. The second-order valence-electron chi connectivity index (χ2n) is 3.95. The van der Waals surface area contributed by atoms with Gasteiger partial charge in [0.25, 0.3) is 0 Å². The van der Waals surface area contributed by atoms with E-state index in [9.17, 15) is 0 Å². The Bertz CT molecular complexity index is 171. The lowest BCUT2D eigenvalue weighted by Gasteiger charge is -2.41. The van der Waals surface area contributed by atoms with E-state index in [1.54, 1.807) is 0 Å². The van der Waals surface area contributed by atoms with Crippen molar-refractivity contribution < 1.29 is 9.47 Å². The van der Waals surface area contributed by atoms with Gasteiger partial charge in [-0.3, -0.25) is 0 Å². The summed E-state index contributed by atoms with van der Waals surface area (Å²) < 4.78 is 11.0. The van der Waals surface area contributed by atoms with Gasteiger partial charge in [0, 0.05) is 6.42 Å². The van der Waals surface area contributed by atoms with Crippen LogP contribution in [-0.4, -0.2) is 18.8 Å². The first-order valence-electron chi connectivity index (χ1n) is 5.07. The van der Waals surface area contributed by atoms with Crippen LogP contribution in [-0.2, 0) is 9.47 Å². The van der Waals surface area contributed by atoms with Crippen LogP contribution < -0.4 is 0 Å². The third-order valence-electron chi connectivity index (χ3n) is 2.60. The Morgan fingerprint density at radius 3 is 2.62 bits per heavy atom. The average molecular weight is 184 g/mol. The second-order valence-corrected chi connectivity index (χ2v) is 3.95. The molecule has 0 spiro atoms. The zero-order valence-corrected chi connectivity index (χ0v) is 8.93. The van der Waals surface area contributed by atoms with E-state index in [1.165, 1.54) is 12.0 Å². The normalized spacial score (nSPS) is 26.4. The molecule has 0 aromatic heterocycles. The van der Waals surface area contributed by atoms with Gasteiger partial charge in [-0.05, 0) is 32.3 Å². The summed E-state index contributed by atoms with van der Waals surface area (Å²) >= 11 is 0. The molecule has 1 aliphatic rings. The molecule has 0 amide bonds. The van der Waals surface area contributed by atoms with Crippen molar-refractivity contribution in [3.05, 3.63) is 11.8 Å². The van der Waals surface area contributed by atoms with E-state index in [0.29, 0.717) is 0 Å². The highest BCUT2D eigenvalue weighted by Crippen LogP contribution is 2.33. The third-order valence-corrected chi connectivity index (χ3v) is 2.60. The third kappa shape index (κ3) is 3.03. The minimum atomic E-state index is 0.148. The van der Waals surface area contributed by atoms with Crippen molar-refractivity contribution >= 4 is 0 Å². The van der Waals surface area contributed by atoms with Crippen LogP contribution in [0.1, 0.15) is 40.0 Å². The van der Waals surface area contributed by atoms with E-state index in [-0.39, 0.29) is 5.60 Å². The monoisotopic (exact) mass is 184 g/mol. The topological polar surface area (TPSA) is 18.5 Å². The van der Waals surface area contributed by atoms with Gasteiger partial charge < -0.3 is 9.47 Å². The van der Waals surface area contributed by atoms with Crippen molar-refractivity contribution in [2.24, 2.45) is 0 Å². The van der Waals surface area contributed by atoms with E-state index < -0.39 is 0 Å². The standard InChI is InChI=1S/C11H20O2/c1-4-11(6-8-13-11)5-7-12-9-10(2)3/h9H,4-8H2,1-3H3. The number of rotatable bonds is 5. The molecule has 0 N–H and O–H groups in total. The molecule has 1 fully saturated rings. The van der Waals surface area contributed by atoms with Gasteiger partial charge >= 0.3 is 0 Å². The van der Waals surface area contributed by atoms with E-state index >= 15 is 0 Å². The molecule has 0 aromatic rings. The van der Waals surface area contributed by atoms with Crippen LogP contribution in [0.3, 0.4) is 0 Å². The van der Waals surface area contributed by atoms with Crippen molar-refractivity contribution in [3.63, 3.8) is 0 Å². The Morgan fingerprint density at radius 1 is 1.54 bits per heavy atom. The summed E-state index contributed by atoms with van der Waals surface area (Å²) in [5.41, 5.74) is 1.36. The van der Waals surface area contributed by atoms with Gasteiger partial charge in [0.1, 0.15) is 0 Å². The first kappa shape index (κ1) is 10.6. The predicted molar refractivity (Wildman–Crippen MR) is 53.6 cm³/mol. The maximum Gasteiger partial charge on any atom is 0.0900 e. The maximum atomic E-state index is 5.57. The molecule has 1 rings (SSSR count). The lowest BCUT2D eigenvalue weighted by atomic mass is 9.89. The van der Waals surface area contributed by atoms with Crippen LogP contribution in [0.2, 0.25) is 0 Å². The molecule has 13 heavy (non-hydrogen) atoms. The molecule has 0 aliphatic carbocycles. The smallest absolute Gasteiger partial charge is 0.0900 e. The van der Waals surface area contributed by atoms with Gasteiger partial charge in [-0.1, -0.05) is 6.92 Å². The molecule has 2 heteroatoms. The van der Waals surface area contributed by atoms with Crippen molar-refractivity contribution in [1.82, 2.24) is 0 Å². The highest BCUT2D eigenvalue weighted by molar-refractivity contribution is 4.88.